The highest BCUT2D eigenvalue weighted by Gasteiger charge is 2.68. The number of hydrogen-bond acceptors (Lipinski definition) is 5. The second-order valence-corrected chi connectivity index (χ2v) is 11.7. The second kappa shape index (κ2) is 8.70. The topological polar surface area (TPSA) is 54.0 Å². The van der Waals surface area contributed by atoms with Crippen molar-refractivity contribution in [3.05, 3.63) is 53.6 Å². The summed E-state index contributed by atoms with van der Waals surface area (Å²) in [5.74, 6) is 4.37. The van der Waals surface area contributed by atoms with Gasteiger partial charge in [0.25, 0.3) is 0 Å². The van der Waals surface area contributed by atoms with E-state index < -0.39 is 0 Å². The summed E-state index contributed by atoms with van der Waals surface area (Å²) >= 11 is 0. The summed E-state index contributed by atoms with van der Waals surface area (Å²) in [6.07, 6.45) is 8.03. The van der Waals surface area contributed by atoms with Gasteiger partial charge >= 0.3 is 0 Å². The Morgan fingerprint density at radius 2 is 1.89 bits per heavy atom. The first-order valence-corrected chi connectivity index (χ1v) is 13.8. The average Bonchev–Trinajstić information content (AvgIpc) is 3.45. The molecule has 1 heterocycles. The normalized spacial score (nSPS) is 35.4. The molecule has 2 N–H and O–H groups in total. The number of phenols is 1. The summed E-state index contributed by atoms with van der Waals surface area (Å²) in [5, 5.41) is 13.7. The largest absolute Gasteiger partial charge is 0.508 e. The number of nitrogens with one attached hydrogen (secondary N) is 1. The number of ether oxygens (including phenoxy) is 2. The van der Waals surface area contributed by atoms with Crippen LogP contribution in [0.4, 0.5) is 5.69 Å². The van der Waals surface area contributed by atoms with Gasteiger partial charge in [-0.2, -0.15) is 0 Å². The van der Waals surface area contributed by atoms with Crippen LogP contribution in [-0.4, -0.2) is 55.5 Å². The van der Waals surface area contributed by atoms with Gasteiger partial charge in [-0.15, -0.1) is 0 Å². The van der Waals surface area contributed by atoms with Crippen molar-refractivity contribution >= 4 is 5.69 Å². The molecule has 2 aromatic rings. The van der Waals surface area contributed by atoms with Crippen LogP contribution in [0, 0.1) is 23.2 Å². The third-order valence-electron chi connectivity index (χ3n) is 10.0. The van der Waals surface area contributed by atoms with Crippen molar-refractivity contribution < 1.29 is 14.6 Å². The van der Waals surface area contributed by atoms with Gasteiger partial charge in [0.1, 0.15) is 17.6 Å². The first kappa shape index (κ1) is 22.0. The number of benzene rings is 2. The number of anilines is 1. The van der Waals surface area contributed by atoms with Crippen LogP contribution in [-0.2, 0) is 11.2 Å². The second-order valence-electron chi connectivity index (χ2n) is 11.7. The monoisotopic (exact) mass is 474 g/mol. The molecule has 3 saturated carbocycles. The molecule has 0 aromatic heterocycles. The Bertz CT molecular complexity index is 1070. The summed E-state index contributed by atoms with van der Waals surface area (Å²) in [4.78, 5) is 2.45. The lowest BCUT2D eigenvalue weighted by molar-refractivity contribution is 0.00359. The van der Waals surface area contributed by atoms with Gasteiger partial charge in [0.15, 0.2) is 0 Å². The fourth-order valence-corrected chi connectivity index (χ4v) is 8.37. The van der Waals surface area contributed by atoms with Crippen LogP contribution >= 0.6 is 0 Å². The summed E-state index contributed by atoms with van der Waals surface area (Å²) in [6.45, 7) is 5.76. The third-order valence-corrected chi connectivity index (χ3v) is 10.0. The number of aromatic hydroxyl groups is 1. The minimum atomic E-state index is 0.225. The molecular weight excluding hydrogens is 436 g/mol. The quantitative estimate of drug-likeness (QED) is 0.614. The molecule has 35 heavy (non-hydrogen) atoms. The Kier molecular flexibility index (Phi) is 5.47. The SMILES string of the molecule is Oc1ccc2c(c1)CCC1C3CCC4CC43C[C@H](Oc3ccc(NCCN4CCOCC4)cc3)[C@H]21. The van der Waals surface area contributed by atoms with Gasteiger partial charge in [-0.05, 0) is 109 Å². The van der Waals surface area contributed by atoms with E-state index in [2.05, 4.69) is 40.5 Å². The van der Waals surface area contributed by atoms with Crippen LogP contribution in [0.15, 0.2) is 42.5 Å². The van der Waals surface area contributed by atoms with E-state index in [1.807, 2.05) is 12.1 Å². The Morgan fingerprint density at radius 1 is 1.03 bits per heavy atom. The van der Waals surface area contributed by atoms with E-state index >= 15 is 0 Å². The molecule has 5 heteroatoms. The van der Waals surface area contributed by atoms with Crippen LogP contribution < -0.4 is 10.1 Å². The zero-order chi connectivity index (χ0) is 23.4. The van der Waals surface area contributed by atoms with Gasteiger partial charge in [0, 0.05) is 37.8 Å². The molecule has 186 valence electrons. The fraction of sp³-hybridized carbons (Fsp3) is 0.600. The van der Waals surface area contributed by atoms with Crippen LogP contribution in [0.5, 0.6) is 11.5 Å². The molecule has 5 nitrogen and oxygen atoms in total. The lowest BCUT2D eigenvalue weighted by Crippen LogP contribution is -2.46. The maximum atomic E-state index is 10.1. The van der Waals surface area contributed by atoms with Gasteiger partial charge in [-0.1, -0.05) is 6.07 Å². The van der Waals surface area contributed by atoms with Crippen molar-refractivity contribution in [2.45, 2.75) is 50.5 Å². The highest BCUT2D eigenvalue weighted by Crippen LogP contribution is 2.75. The van der Waals surface area contributed by atoms with Crippen molar-refractivity contribution in [3.63, 3.8) is 0 Å². The highest BCUT2D eigenvalue weighted by molar-refractivity contribution is 5.47. The minimum absolute atomic E-state index is 0.225. The smallest absolute Gasteiger partial charge is 0.119 e. The molecule has 1 spiro atoms. The van der Waals surface area contributed by atoms with E-state index in [1.54, 1.807) is 0 Å². The lowest BCUT2D eigenvalue weighted by atomic mass is 9.57. The molecule has 0 amide bonds. The van der Waals surface area contributed by atoms with Crippen molar-refractivity contribution in [1.82, 2.24) is 4.90 Å². The number of hydrogen-bond donors (Lipinski definition) is 2. The maximum Gasteiger partial charge on any atom is 0.119 e. The van der Waals surface area contributed by atoms with E-state index in [0.717, 1.165) is 75.0 Å². The summed E-state index contributed by atoms with van der Waals surface area (Å²) < 4.78 is 12.3. The van der Waals surface area contributed by atoms with E-state index in [1.165, 1.54) is 43.2 Å². The zero-order valence-electron chi connectivity index (χ0n) is 20.6. The number of morpholine rings is 1. The Morgan fingerprint density at radius 3 is 2.71 bits per heavy atom. The Labute approximate surface area is 208 Å². The molecule has 4 fully saturated rings. The number of phenolic OH excluding ortho intramolecular Hbond substituents is 1. The van der Waals surface area contributed by atoms with E-state index in [-0.39, 0.29) is 6.10 Å². The highest BCUT2D eigenvalue weighted by atomic mass is 16.5. The molecule has 6 atom stereocenters. The molecule has 1 saturated heterocycles. The van der Waals surface area contributed by atoms with Crippen molar-refractivity contribution in [2.24, 2.45) is 23.2 Å². The minimum Gasteiger partial charge on any atom is -0.508 e. The van der Waals surface area contributed by atoms with Crippen LogP contribution in [0.3, 0.4) is 0 Å². The van der Waals surface area contributed by atoms with E-state index in [4.69, 9.17) is 9.47 Å². The third kappa shape index (κ3) is 3.92. The van der Waals surface area contributed by atoms with Crippen LogP contribution in [0.1, 0.15) is 49.1 Å². The first-order chi connectivity index (χ1) is 17.2. The van der Waals surface area contributed by atoms with Crippen molar-refractivity contribution in [1.29, 1.82) is 0 Å². The molecule has 7 rings (SSSR count). The fourth-order valence-electron chi connectivity index (χ4n) is 8.37. The predicted octanol–water partition coefficient (Wildman–Crippen LogP) is 5.05. The van der Waals surface area contributed by atoms with Crippen LogP contribution in [0.2, 0.25) is 0 Å². The van der Waals surface area contributed by atoms with Gasteiger partial charge in [0.2, 0.25) is 0 Å². The van der Waals surface area contributed by atoms with E-state index in [0.29, 0.717) is 17.1 Å². The van der Waals surface area contributed by atoms with Crippen LogP contribution in [0.25, 0.3) is 0 Å². The number of fused-ring (bicyclic) bond motifs is 4. The molecule has 4 aliphatic carbocycles. The predicted molar refractivity (Wildman–Crippen MR) is 137 cm³/mol. The number of aryl methyl sites for hydroxylation is 1. The van der Waals surface area contributed by atoms with Crippen molar-refractivity contribution in [2.75, 3.05) is 44.7 Å². The van der Waals surface area contributed by atoms with Gasteiger partial charge < -0.3 is 19.9 Å². The maximum absolute atomic E-state index is 10.1. The van der Waals surface area contributed by atoms with Gasteiger partial charge in [-0.3, -0.25) is 4.90 Å². The summed E-state index contributed by atoms with van der Waals surface area (Å²) in [6, 6.07) is 14.7. The summed E-state index contributed by atoms with van der Waals surface area (Å²) in [7, 11) is 0. The molecule has 4 unspecified atom stereocenters. The van der Waals surface area contributed by atoms with Gasteiger partial charge in [0.05, 0.1) is 13.2 Å². The lowest BCUT2D eigenvalue weighted by Gasteiger charge is -2.49. The number of rotatable bonds is 6. The zero-order valence-corrected chi connectivity index (χ0v) is 20.6. The van der Waals surface area contributed by atoms with E-state index in [9.17, 15) is 5.11 Å². The Hall–Kier alpha value is -2.24. The molecule has 0 radical (unpaired) electrons. The van der Waals surface area contributed by atoms with Crippen molar-refractivity contribution in [3.8, 4) is 11.5 Å². The average molecular weight is 475 g/mol. The molecule has 1 aliphatic heterocycles. The summed E-state index contributed by atoms with van der Waals surface area (Å²) in [5.41, 5.74) is 4.48. The molecule has 5 aliphatic rings. The Balaban J connectivity index is 1.07. The standard InChI is InChI=1S/C30H38N2O3/c33-23-5-9-25-20(17-23)1-8-26-27-10-2-21-18-30(21,27)19-28(29(25)26)35-24-6-3-22(4-7-24)31-11-12-32-13-15-34-16-14-32/h3-7,9,17,21,26-29,31,33H,1-2,8,10-16,18-19H2/t21?,26?,27?,28-,29+,30?/m0/s1. The van der Waals surface area contributed by atoms with Gasteiger partial charge in [-0.25, -0.2) is 0 Å². The number of nitrogens with zero attached hydrogens (tertiary/aromatic N) is 1. The first-order valence-electron chi connectivity index (χ1n) is 13.8. The molecule has 2 aromatic carbocycles. The molecular formula is C30H38N2O3. The molecule has 0 bridgehead atoms.